The first-order valence-corrected chi connectivity index (χ1v) is 9.82. The predicted molar refractivity (Wildman–Crippen MR) is 116 cm³/mol. The van der Waals surface area contributed by atoms with Crippen LogP contribution in [0.2, 0.25) is 5.02 Å². The Labute approximate surface area is 190 Å². The van der Waals surface area contributed by atoms with Crippen molar-refractivity contribution in [2.24, 2.45) is 0 Å². The van der Waals surface area contributed by atoms with E-state index in [1.54, 1.807) is 6.07 Å². The smallest absolute Gasteiger partial charge is 0.270 e. The Hall–Kier alpha value is -3.82. The van der Waals surface area contributed by atoms with E-state index in [1.807, 2.05) is 0 Å². The van der Waals surface area contributed by atoms with Gasteiger partial charge in [0.25, 0.3) is 11.8 Å². The number of benzene rings is 2. The van der Waals surface area contributed by atoms with Crippen LogP contribution in [-0.2, 0) is 9.59 Å². The van der Waals surface area contributed by atoms with E-state index in [4.69, 9.17) is 28.2 Å². The minimum atomic E-state index is -1.41. The van der Waals surface area contributed by atoms with Gasteiger partial charge in [0.15, 0.2) is 5.11 Å². The Morgan fingerprint density at radius 3 is 2.59 bits per heavy atom. The molecule has 0 atom stereocenters. The van der Waals surface area contributed by atoms with E-state index in [0.717, 1.165) is 4.90 Å². The number of furan rings is 1. The lowest BCUT2D eigenvalue weighted by Crippen LogP contribution is -2.54. The van der Waals surface area contributed by atoms with Crippen LogP contribution in [-0.4, -0.2) is 22.9 Å². The normalized spacial score (nSPS) is 15.2. The molecule has 1 saturated heterocycles. The monoisotopic (exact) mass is 469 g/mol. The van der Waals surface area contributed by atoms with E-state index in [-0.39, 0.29) is 32.7 Å². The number of hydrogen-bond acceptors (Lipinski definition) is 6. The van der Waals surface area contributed by atoms with Crippen LogP contribution in [0.4, 0.5) is 10.1 Å². The number of carboxylic acid groups (broad SMARTS) is 1. The summed E-state index contributed by atoms with van der Waals surface area (Å²) >= 11 is 11.0. The van der Waals surface area contributed by atoms with E-state index >= 15 is 0 Å². The van der Waals surface area contributed by atoms with Gasteiger partial charge in [0.05, 0.1) is 16.7 Å². The van der Waals surface area contributed by atoms with Crippen LogP contribution in [0.3, 0.4) is 0 Å². The van der Waals surface area contributed by atoms with Crippen LogP contribution in [0.15, 0.2) is 64.6 Å². The summed E-state index contributed by atoms with van der Waals surface area (Å²) in [7, 11) is 0. The molecule has 1 aliphatic rings. The summed E-state index contributed by atoms with van der Waals surface area (Å²) in [5.41, 5.74) is -0.111. The van der Waals surface area contributed by atoms with Crippen LogP contribution in [0.25, 0.3) is 17.4 Å². The Kier molecular flexibility index (Phi) is 5.60. The maximum atomic E-state index is 14.2. The highest BCUT2D eigenvalue weighted by Gasteiger charge is 2.35. The molecule has 32 heavy (non-hydrogen) atoms. The molecule has 0 radical (unpaired) electrons. The number of aromatic carboxylic acids is 1. The predicted octanol–water partition coefficient (Wildman–Crippen LogP) is 2.93. The van der Waals surface area contributed by atoms with Gasteiger partial charge in [0.2, 0.25) is 0 Å². The maximum Gasteiger partial charge on any atom is 0.270 e. The number of carboxylic acids is 1. The largest absolute Gasteiger partial charge is 0.545 e. The molecule has 1 aliphatic heterocycles. The molecule has 1 N–H and O–H groups in total. The molecule has 1 fully saturated rings. The van der Waals surface area contributed by atoms with Crippen LogP contribution in [0, 0.1) is 5.82 Å². The molecule has 1 aromatic heterocycles. The Balaban J connectivity index is 1.67. The second kappa shape index (κ2) is 8.37. The molecule has 0 unspecified atom stereocenters. The van der Waals surface area contributed by atoms with Crippen molar-refractivity contribution in [1.82, 2.24) is 5.32 Å². The van der Waals surface area contributed by atoms with Crippen LogP contribution in [0.1, 0.15) is 16.1 Å². The summed E-state index contributed by atoms with van der Waals surface area (Å²) < 4.78 is 19.9. The van der Waals surface area contributed by atoms with Crippen molar-refractivity contribution in [2.45, 2.75) is 0 Å². The van der Waals surface area contributed by atoms with E-state index < -0.39 is 23.6 Å². The molecule has 0 saturated carbocycles. The lowest BCUT2D eigenvalue weighted by atomic mass is 10.1. The average molecular weight is 470 g/mol. The zero-order valence-electron chi connectivity index (χ0n) is 15.9. The first-order chi connectivity index (χ1) is 15.3. The molecule has 3 aromatic rings. The summed E-state index contributed by atoms with van der Waals surface area (Å²) in [5, 5.41) is 13.1. The molecule has 2 amide bonds. The Morgan fingerprint density at radius 2 is 1.91 bits per heavy atom. The number of carbonyl (C=O) groups excluding carboxylic acids is 3. The molecule has 2 heterocycles. The first-order valence-electron chi connectivity index (χ1n) is 9.03. The van der Waals surface area contributed by atoms with Crippen molar-refractivity contribution < 1.29 is 28.3 Å². The number of nitrogens with one attached hydrogen (secondary N) is 1. The zero-order valence-corrected chi connectivity index (χ0v) is 17.5. The molecule has 10 heteroatoms. The Morgan fingerprint density at radius 1 is 1.16 bits per heavy atom. The molecule has 0 bridgehead atoms. The number of para-hydroxylation sites is 1. The van der Waals surface area contributed by atoms with Crippen LogP contribution in [0.5, 0.6) is 0 Å². The number of amides is 2. The topological polar surface area (TPSA) is 103 Å². The number of hydrogen-bond donors (Lipinski definition) is 1. The fourth-order valence-electron chi connectivity index (χ4n) is 3.07. The third kappa shape index (κ3) is 3.91. The number of thiocarbonyl (C=S) groups is 1. The minimum Gasteiger partial charge on any atom is -0.545 e. The number of anilines is 1. The third-order valence-electron chi connectivity index (χ3n) is 4.58. The Bertz CT molecular complexity index is 1330. The fourth-order valence-corrected chi connectivity index (χ4v) is 3.60. The third-order valence-corrected chi connectivity index (χ3v) is 5.18. The zero-order chi connectivity index (χ0) is 23.0. The van der Waals surface area contributed by atoms with Crippen molar-refractivity contribution in [3.8, 4) is 11.3 Å². The molecule has 160 valence electrons. The van der Waals surface area contributed by atoms with Gasteiger partial charge in [-0.2, -0.15) is 0 Å². The van der Waals surface area contributed by atoms with Crippen molar-refractivity contribution in [2.75, 3.05) is 4.90 Å². The molecular formula is C22H11ClFN2O5S-. The second-order valence-electron chi connectivity index (χ2n) is 6.59. The molecule has 7 nitrogen and oxygen atoms in total. The van der Waals surface area contributed by atoms with E-state index in [2.05, 4.69) is 5.32 Å². The SMILES string of the molecule is O=C1NC(=S)N(c2ccccc2F)C(=O)C1=Cc1ccc(-c2ccc(C(=O)[O-])c(Cl)c2)o1. The molecule has 4 rings (SSSR count). The number of halogens is 2. The summed E-state index contributed by atoms with van der Waals surface area (Å²) in [6.07, 6.45) is 1.20. The quantitative estimate of drug-likeness (QED) is 0.358. The minimum absolute atomic E-state index is 0.0327. The molecular weight excluding hydrogens is 459 g/mol. The highest BCUT2D eigenvalue weighted by Crippen LogP contribution is 2.29. The molecule has 0 aliphatic carbocycles. The van der Waals surface area contributed by atoms with Gasteiger partial charge in [0, 0.05) is 11.1 Å². The lowest BCUT2D eigenvalue weighted by molar-refractivity contribution is -0.255. The highest BCUT2D eigenvalue weighted by atomic mass is 35.5. The number of nitrogens with zero attached hydrogens (tertiary/aromatic N) is 1. The fraction of sp³-hybridized carbons (Fsp3) is 0. The van der Waals surface area contributed by atoms with E-state index in [1.165, 1.54) is 54.6 Å². The van der Waals surface area contributed by atoms with Crippen molar-refractivity contribution in [3.05, 3.63) is 82.3 Å². The van der Waals surface area contributed by atoms with Gasteiger partial charge < -0.3 is 14.3 Å². The number of carbonyl (C=O) groups is 3. The lowest BCUT2D eigenvalue weighted by Gasteiger charge is -2.28. The summed E-state index contributed by atoms with van der Waals surface area (Å²) in [4.78, 5) is 37.2. The van der Waals surface area contributed by atoms with Gasteiger partial charge in [-0.3, -0.25) is 14.9 Å². The highest BCUT2D eigenvalue weighted by molar-refractivity contribution is 7.80. The first kappa shape index (κ1) is 21.4. The number of rotatable bonds is 4. The molecule has 0 spiro atoms. The summed E-state index contributed by atoms with van der Waals surface area (Å²) in [6, 6.07) is 12.7. The summed E-state index contributed by atoms with van der Waals surface area (Å²) in [5.74, 6) is -3.20. The van der Waals surface area contributed by atoms with Gasteiger partial charge >= 0.3 is 0 Å². The maximum absolute atomic E-state index is 14.2. The average Bonchev–Trinajstić information content (AvgIpc) is 3.21. The van der Waals surface area contributed by atoms with Gasteiger partial charge in [-0.15, -0.1) is 0 Å². The van der Waals surface area contributed by atoms with Gasteiger partial charge in [0.1, 0.15) is 22.9 Å². The summed E-state index contributed by atoms with van der Waals surface area (Å²) in [6.45, 7) is 0. The second-order valence-corrected chi connectivity index (χ2v) is 7.39. The van der Waals surface area contributed by atoms with E-state index in [9.17, 15) is 23.9 Å². The van der Waals surface area contributed by atoms with Crippen molar-refractivity contribution in [3.63, 3.8) is 0 Å². The molecule has 2 aromatic carbocycles. The van der Waals surface area contributed by atoms with Gasteiger partial charge in [-0.1, -0.05) is 35.9 Å². The standard InChI is InChI=1S/C22H12ClFN2O5S/c23-15-9-11(5-7-13(15)21(29)30)18-8-6-12(31-18)10-14-19(27)25-22(32)26(20(14)28)17-4-2-1-3-16(17)24/h1-10H,(H,29,30)(H,25,27,32)/p-1. The van der Waals surface area contributed by atoms with Gasteiger partial charge in [-0.25, -0.2) is 9.29 Å². The van der Waals surface area contributed by atoms with Crippen molar-refractivity contribution >= 4 is 58.5 Å². The van der Waals surface area contributed by atoms with Crippen LogP contribution >= 0.6 is 23.8 Å². The van der Waals surface area contributed by atoms with Gasteiger partial charge in [-0.05, 0) is 48.6 Å². The van der Waals surface area contributed by atoms with Crippen molar-refractivity contribution in [1.29, 1.82) is 0 Å². The van der Waals surface area contributed by atoms with E-state index in [0.29, 0.717) is 11.3 Å². The van der Waals surface area contributed by atoms with Crippen LogP contribution < -0.4 is 15.3 Å².